The molecular weight excluding hydrogens is 1450 g/mol. The molecule has 572 valence electrons. The Kier molecular flexibility index (Phi) is 24.9. The highest BCUT2D eigenvalue weighted by molar-refractivity contribution is 7.88. The van der Waals surface area contributed by atoms with Crippen LogP contribution in [0, 0.1) is 29.2 Å². The standard InChI is InChI=1S/C18H17FN4O.C15H15F3N2O.C15H21N3O2S.C14H18FN3O2S.C14H19FN2O2S/c19-13-1-2-14-15(10-22-16(14)9-13)12-3-7-23(8-4-12)18(24)17-11-20-5-6-21-17;16-10-1-2-11-12(8-19-13(11)7-10)9-3-5-20(6-4-9)15(21)14(17)18;1-2-17-21(19,20)18-9-7-12(8-10-18)14-11-16-15-6-4-3-5-13(14)15;1-16-21(19,20)18-6-4-10(5-7-18)13-9-17-14-8-11(15)2-3-12(13)14;1-20(18,19)17-6-4-10(5-7-17)13-9-16-14-8-11(15)2-3-12(13)14/h1-2,5-6,9-12,22H,3-4,7-8H2;1-2,7-9,14,19H,3-6H2;3-6,11-12,16-17H,2,7-10H2,1H3;2-3,8-10,16-17H,4-7H2,1H3;2-3,8,10,13,16H,4-7,9H2,1H3. The summed E-state index contributed by atoms with van der Waals surface area (Å²) in [6, 6.07) is 27.3. The number of carbonyl (C=O) groups excluding carboxylic acids is 2. The molecule has 10 aromatic rings. The van der Waals surface area contributed by atoms with Gasteiger partial charge in [0.2, 0.25) is 10.0 Å². The van der Waals surface area contributed by atoms with Crippen molar-refractivity contribution in [3.63, 3.8) is 0 Å². The van der Waals surface area contributed by atoms with Crippen LogP contribution in [0.2, 0.25) is 0 Å². The van der Waals surface area contributed by atoms with Crippen LogP contribution in [0.25, 0.3) is 43.6 Å². The van der Waals surface area contributed by atoms with Gasteiger partial charge in [-0.25, -0.2) is 44.7 Å². The molecule has 0 radical (unpaired) electrons. The number of sulfonamides is 1. The van der Waals surface area contributed by atoms with Gasteiger partial charge in [0.05, 0.1) is 12.5 Å². The van der Waals surface area contributed by atoms with Crippen LogP contribution in [-0.2, 0) is 35.2 Å². The minimum absolute atomic E-state index is 0.0671. The van der Waals surface area contributed by atoms with Gasteiger partial charge in [0.25, 0.3) is 32.2 Å². The molecule has 1 atom stereocenters. The summed E-state index contributed by atoms with van der Waals surface area (Å²) >= 11 is 0. The van der Waals surface area contributed by atoms with Crippen LogP contribution < -0.4 is 14.8 Å². The van der Waals surface area contributed by atoms with Gasteiger partial charge >= 0.3 is 6.43 Å². The number of piperidine rings is 5. The highest BCUT2D eigenvalue weighted by Gasteiger charge is 2.36. The highest BCUT2D eigenvalue weighted by Crippen LogP contribution is 2.42. The van der Waals surface area contributed by atoms with Crippen molar-refractivity contribution in [2.45, 2.75) is 107 Å². The molecule has 5 aromatic heterocycles. The van der Waals surface area contributed by atoms with E-state index >= 15 is 0 Å². The summed E-state index contributed by atoms with van der Waals surface area (Å²) in [5.74, 6) is -0.0394. The number of rotatable bonds is 13. The molecule has 31 heteroatoms. The SMILES string of the molecule is CCNS(=O)(=O)N1CCC(c2c[nH]c3ccccc23)CC1.CNS(=O)(=O)N1CCC(c2c[nH]c3cc(F)ccc23)CC1.CS(=O)(=O)N1CCC(C2CNc3cc(F)ccc32)CC1.O=C(C(F)F)N1CCC(c2c[nH]c3cc(F)ccc23)CC1.O=C(c1cnccn1)N1CCC(c2c[nH]c3cc(F)ccc23)CC1. The van der Waals surface area contributed by atoms with Gasteiger partial charge in [-0.15, -0.1) is 0 Å². The molecule has 1 unspecified atom stereocenters. The summed E-state index contributed by atoms with van der Waals surface area (Å²) in [4.78, 5) is 47.3. The van der Waals surface area contributed by atoms with Crippen LogP contribution in [0.3, 0.4) is 0 Å². The first kappa shape index (κ1) is 77.9. The van der Waals surface area contributed by atoms with Crippen LogP contribution in [0.1, 0.15) is 139 Å². The average molecular weight is 1540 g/mol. The van der Waals surface area contributed by atoms with Crippen molar-refractivity contribution in [3.8, 4) is 0 Å². The van der Waals surface area contributed by atoms with Crippen molar-refractivity contribution in [1.29, 1.82) is 0 Å². The summed E-state index contributed by atoms with van der Waals surface area (Å²) in [7, 11) is -8.27. The second kappa shape index (κ2) is 34.3. The largest absolute Gasteiger partial charge is 0.384 e. The lowest BCUT2D eigenvalue weighted by Crippen LogP contribution is -2.44. The number of hydrogen-bond donors (Lipinski definition) is 7. The summed E-state index contributed by atoms with van der Waals surface area (Å²) in [5.41, 5.74) is 10.7. The maximum absolute atomic E-state index is 13.3. The lowest BCUT2D eigenvalue weighted by molar-refractivity contribution is -0.143. The van der Waals surface area contributed by atoms with E-state index in [0.29, 0.717) is 120 Å². The molecule has 7 N–H and O–H groups in total. The van der Waals surface area contributed by atoms with E-state index in [9.17, 15) is 61.2 Å². The Morgan fingerprint density at radius 1 is 0.505 bits per heavy atom. The second-order valence-electron chi connectivity index (χ2n) is 27.9. The first-order chi connectivity index (χ1) is 51.4. The Labute approximate surface area is 618 Å². The van der Waals surface area contributed by atoms with Gasteiger partial charge in [0.1, 0.15) is 29.0 Å². The van der Waals surface area contributed by atoms with E-state index in [-0.39, 0.29) is 35.1 Å². The topological polar surface area (TPSA) is 278 Å². The van der Waals surface area contributed by atoms with E-state index in [1.54, 1.807) is 39.9 Å². The van der Waals surface area contributed by atoms with Gasteiger partial charge in [-0.05, 0) is 194 Å². The summed E-state index contributed by atoms with van der Waals surface area (Å²) in [6.07, 6.45) is 18.8. The van der Waals surface area contributed by atoms with Crippen molar-refractivity contribution in [2.75, 3.05) is 97.2 Å². The fourth-order valence-corrected chi connectivity index (χ4v) is 19.0. The number of aromatic amines is 4. The average Bonchev–Trinajstić information content (AvgIpc) is 1.70. The quantitative estimate of drug-likeness (QED) is 0.0533. The number of aromatic nitrogens is 6. The first-order valence-electron chi connectivity index (χ1n) is 36.3. The molecule has 22 nitrogen and oxygen atoms in total. The number of alkyl halides is 2. The number of H-pyrrole nitrogens is 4. The Bertz CT molecular complexity index is 5070. The van der Waals surface area contributed by atoms with Crippen LogP contribution >= 0.6 is 0 Å². The van der Waals surface area contributed by atoms with E-state index in [1.165, 1.54) is 99.4 Å². The van der Waals surface area contributed by atoms with E-state index in [1.807, 2.05) is 47.8 Å². The Hall–Kier alpha value is -8.69. The number of hydrogen-bond acceptors (Lipinski definition) is 11. The molecule has 5 saturated heterocycles. The number of halogens is 6. The molecule has 107 heavy (non-hydrogen) atoms. The Morgan fingerprint density at radius 3 is 1.37 bits per heavy atom. The number of fused-ring (bicyclic) bond motifs is 5. The molecule has 16 rings (SSSR count). The van der Waals surface area contributed by atoms with Crippen LogP contribution in [-0.4, -0.2) is 188 Å². The molecule has 11 heterocycles. The molecule has 5 aromatic carbocycles. The zero-order valence-electron chi connectivity index (χ0n) is 59.8. The number of nitrogens with zero attached hydrogens (tertiary/aromatic N) is 7. The van der Waals surface area contributed by atoms with E-state index < -0.39 is 42.8 Å². The van der Waals surface area contributed by atoms with Crippen molar-refractivity contribution in [3.05, 3.63) is 197 Å². The Morgan fingerprint density at radius 2 is 0.925 bits per heavy atom. The fraction of sp³-hybridized carbons (Fsp3) is 0.421. The molecule has 2 amide bonds. The molecule has 0 bridgehead atoms. The molecule has 0 saturated carbocycles. The summed E-state index contributed by atoms with van der Waals surface area (Å²) < 4.78 is 158. The number of amides is 2. The third-order valence-electron chi connectivity index (χ3n) is 21.6. The summed E-state index contributed by atoms with van der Waals surface area (Å²) in [5, 5.41) is 7.55. The van der Waals surface area contributed by atoms with Crippen molar-refractivity contribution in [1.82, 2.24) is 62.1 Å². The van der Waals surface area contributed by atoms with E-state index in [2.05, 4.69) is 63.0 Å². The van der Waals surface area contributed by atoms with Gasteiger partial charge < -0.3 is 35.1 Å². The first-order valence-corrected chi connectivity index (χ1v) is 41.0. The molecule has 0 aliphatic carbocycles. The van der Waals surface area contributed by atoms with Crippen molar-refractivity contribution in [2.24, 2.45) is 5.92 Å². The number of anilines is 1. The third kappa shape index (κ3) is 18.5. The maximum Gasteiger partial charge on any atom is 0.315 e. The minimum atomic E-state index is -3.34. The molecular formula is C76H90F6N14O8S3. The number of nitrogens with one attached hydrogen (secondary N) is 7. The number of benzene rings is 5. The van der Waals surface area contributed by atoms with Crippen LogP contribution in [0.5, 0.6) is 0 Å². The maximum atomic E-state index is 13.3. The summed E-state index contributed by atoms with van der Waals surface area (Å²) in [6.45, 7) is 8.46. The minimum Gasteiger partial charge on any atom is -0.384 e. The van der Waals surface area contributed by atoms with Gasteiger partial charge in [-0.2, -0.15) is 34.2 Å². The lowest BCUT2D eigenvalue weighted by atomic mass is 9.81. The third-order valence-corrected chi connectivity index (χ3v) is 26.2. The zero-order valence-corrected chi connectivity index (χ0v) is 62.2. The van der Waals surface area contributed by atoms with Crippen molar-refractivity contribution < 1.29 is 61.2 Å². The predicted octanol–water partition coefficient (Wildman–Crippen LogP) is 12.6. The molecule has 0 spiro atoms. The van der Waals surface area contributed by atoms with E-state index in [0.717, 1.165) is 113 Å². The fourth-order valence-electron chi connectivity index (χ4n) is 15.9. The second-order valence-corrected chi connectivity index (χ2v) is 33.5. The molecule has 5 fully saturated rings. The zero-order chi connectivity index (χ0) is 75.7. The monoisotopic (exact) mass is 1540 g/mol. The number of para-hydroxylation sites is 1. The van der Waals surface area contributed by atoms with Crippen LogP contribution in [0.15, 0.2) is 140 Å². The van der Waals surface area contributed by atoms with Gasteiger partial charge in [0.15, 0.2) is 0 Å². The van der Waals surface area contributed by atoms with Gasteiger partial charge in [-0.1, -0.05) is 31.2 Å². The van der Waals surface area contributed by atoms with Gasteiger partial charge in [-0.3, -0.25) is 14.6 Å². The number of carbonyl (C=O) groups is 2. The molecule has 6 aliphatic rings. The van der Waals surface area contributed by atoms with Gasteiger partial charge in [0, 0.05) is 178 Å². The smallest absolute Gasteiger partial charge is 0.315 e. The lowest BCUT2D eigenvalue weighted by Gasteiger charge is -2.33. The number of likely N-dealkylation sites (tertiary alicyclic amines) is 2. The molecule has 6 aliphatic heterocycles. The van der Waals surface area contributed by atoms with Crippen LogP contribution in [0.4, 0.5) is 32.0 Å². The van der Waals surface area contributed by atoms with Crippen molar-refractivity contribution >= 4 is 91.6 Å². The Balaban J connectivity index is 0.000000125. The highest BCUT2D eigenvalue weighted by atomic mass is 32.2. The predicted molar refractivity (Wildman–Crippen MR) is 402 cm³/mol. The normalized spacial score (nSPS) is 18.6. The van der Waals surface area contributed by atoms with E-state index in [4.69, 9.17) is 0 Å².